The maximum Gasteiger partial charge on any atom is 0.586 e. The Morgan fingerprint density at radius 3 is 2.50 bits per heavy atom. The first-order valence-electron chi connectivity index (χ1n) is 7.97. The van der Waals surface area contributed by atoms with E-state index < -0.39 is 35.5 Å². The number of pyridine rings is 1. The number of nitrogens with zero attached hydrogens (tertiary/aromatic N) is 2. The molecule has 0 aliphatic carbocycles. The molecule has 0 saturated carbocycles. The average molecular weight is 395 g/mol. The Morgan fingerprint density at radius 2 is 1.82 bits per heavy atom. The van der Waals surface area contributed by atoms with E-state index in [1.807, 2.05) is 0 Å². The lowest BCUT2D eigenvalue weighted by Crippen LogP contribution is -2.40. The number of urea groups is 1. The maximum absolute atomic E-state index is 14.1. The fourth-order valence-electron chi connectivity index (χ4n) is 2.67. The second-order valence-electron chi connectivity index (χ2n) is 6.53. The lowest BCUT2D eigenvalue weighted by molar-refractivity contribution is -0.286. The Kier molecular flexibility index (Phi) is 3.67. The number of amides is 3. The molecule has 146 valence electrons. The number of imide groups is 1. The fraction of sp³-hybridized carbons (Fsp3) is 0.235. The topological polar surface area (TPSA) is 90.0 Å². The van der Waals surface area contributed by atoms with Crippen LogP contribution >= 0.6 is 0 Å². The van der Waals surface area contributed by atoms with Gasteiger partial charge in [0.25, 0.3) is 11.8 Å². The zero-order valence-corrected chi connectivity index (χ0v) is 14.5. The van der Waals surface area contributed by atoms with Crippen molar-refractivity contribution < 1.29 is 37.0 Å². The third-order valence-corrected chi connectivity index (χ3v) is 3.98. The summed E-state index contributed by atoms with van der Waals surface area (Å²) in [5.74, 6) is -2.76. The van der Waals surface area contributed by atoms with Crippen LogP contribution in [0.5, 0.6) is 23.1 Å². The van der Waals surface area contributed by atoms with E-state index in [9.17, 15) is 22.8 Å². The number of aromatic nitrogens is 1. The summed E-state index contributed by atoms with van der Waals surface area (Å²) >= 11 is 0. The van der Waals surface area contributed by atoms with E-state index in [2.05, 4.69) is 19.8 Å². The standard InChI is InChI=1S/C17H12F3N3O5/c1-16(2)14(24)23(15(25)22-16)12-6-4-9(18)13(21-12)26-8-3-5-10-11(7-8)28-17(19,20)27-10/h3-7H,1-2H3,(H,22,25). The van der Waals surface area contributed by atoms with E-state index in [1.165, 1.54) is 19.9 Å². The van der Waals surface area contributed by atoms with Gasteiger partial charge in [-0.05, 0) is 38.1 Å². The number of anilines is 1. The van der Waals surface area contributed by atoms with Crippen molar-refractivity contribution in [1.82, 2.24) is 10.3 Å². The largest absolute Gasteiger partial charge is 0.586 e. The minimum Gasteiger partial charge on any atom is -0.436 e. The lowest BCUT2D eigenvalue weighted by atomic mass is 10.1. The third kappa shape index (κ3) is 2.94. The van der Waals surface area contributed by atoms with Gasteiger partial charge in [-0.3, -0.25) is 4.79 Å². The van der Waals surface area contributed by atoms with Crippen molar-refractivity contribution in [3.63, 3.8) is 0 Å². The number of carbonyl (C=O) groups excluding carboxylic acids is 2. The predicted octanol–water partition coefficient (Wildman–Crippen LogP) is 3.17. The zero-order valence-electron chi connectivity index (χ0n) is 14.5. The van der Waals surface area contributed by atoms with E-state index in [-0.39, 0.29) is 23.1 Å². The van der Waals surface area contributed by atoms with Gasteiger partial charge in [0.1, 0.15) is 17.1 Å². The average Bonchev–Trinajstić information content (AvgIpc) is 3.00. The van der Waals surface area contributed by atoms with Crippen LogP contribution in [0.25, 0.3) is 0 Å². The van der Waals surface area contributed by atoms with Crippen LogP contribution in [0.2, 0.25) is 0 Å². The third-order valence-electron chi connectivity index (χ3n) is 3.98. The second kappa shape index (κ2) is 5.75. The number of fused-ring (bicyclic) bond motifs is 1. The molecule has 1 aromatic carbocycles. The van der Waals surface area contributed by atoms with Crippen molar-refractivity contribution in [3.8, 4) is 23.1 Å². The molecule has 0 atom stereocenters. The number of hydrogen-bond acceptors (Lipinski definition) is 6. The molecular weight excluding hydrogens is 383 g/mol. The lowest BCUT2D eigenvalue weighted by Gasteiger charge is -2.16. The summed E-state index contributed by atoms with van der Waals surface area (Å²) in [6.07, 6.45) is -3.80. The molecule has 2 aliphatic heterocycles. The highest BCUT2D eigenvalue weighted by atomic mass is 19.3. The molecule has 2 aliphatic rings. The van der Waals surface area contributed by atoms with Crippen LogP contribution in [0, 0.1) is 5.82 Å². The van der Waals surface area contributed by atoms with Crippen molar-refractivity contribution in [2.75, 3.05) is 4.90 Å². The van der Waals surface area contributed by atoms with Crippen molar-refractivity contribution in [2.24, 2.45) is 0 Å². The van der Waals surface area contributed by atoms with Gasteiger partial charge in [-0.1, -0.05) is 0 Å². The zero-order chi connectivity index (χ0) is 20.3. The number of hydrogen-bond donors (Lipinski definition) is 1. The predicted molar refractivity (Wildman–Crippen MR) is 87.0 cm³/mol. The Labute approximate surface area is 155 Å². The normalized spacial score (nSPS) is 19.0. The van der Waals surface area contributed by atoms with Gasteiger partial charge in [0.2, 0.25) is 0 Å². The van der Waals surface area contributed by atoms with Crippen LogP contribution in [0.4, 0.5) is 23.8 Å². The molecule has 1 N–H and O–H groups in total. The summed E-state index contributed by atoms with van der Waals surface area (Å²) in [6, 6.07) is 4.86. The summed E-state index contributed by atoms with van der Waals surface area (Å²) in [4.78, 5) is 29.0. The van der Waals surface area contributed by atoms with Crippen LogP contribution in [-0.2, 0) is 4.79 Å². The molecule has 3 heterocycles. The van der Waals surface area contributed by atoms with E-state index in [0.29, 0.717) is 0 Å². The van der Waals surface area contributed by atoms with Gasteiger partial charge in [0, 0.05) is 6.07 Å². The molecule has 28 heavy (non-hydrogen) atoms. The summed E-state index contributed by atoms with van der Waals surface area (Å²) in [7, 11) is 0. The van der Waals surface area contributed by atoms with Crippen LogP contribution in [-0.4, -0.2) is 28.8 Å². The van der Waals surface area contributed by atoms with Gasteiger partial charge in [-0.25, -0.2) is 14.1 Å². The second-order valence-corrected chi connectivity index (χ2v) is 6.53. The molecule has 8 nitrogen and oxygen atoms in total. The fourth-order valence-corrected chi connectivity index (χ4v) is 2.67. The molecule has 0 unspecified atom stereocenters. The minimum atomic E-state index is -3.80. The van der Waals surface area contributed by atoms with Gasteiger partial charge in [-0.2, -0.15) is 4.98 Å². The van der Waals surface area contributed by atoms with Gasteiger partial charge in [0.05, 0.1) is 0 Å². The highest BCUT2D eigenvalue weighted by Crippen LogP contribution is 2.43. The summed E-state index contributed by atoms with van der Waals surface area (Å²) in [5.41, 5.74) is -1.14. The van der Waals surface area contributed by atoms with Crippen LogP contribution in [0.15, 0.2) is 30.3 Å². The van der Waals surface area contributed by atoms with Crippen LogP contribution in [0.3, 0.4) is 0 Å². The van der Waals surface area contributed by atoms with Gasteiger partial charge in [-0.15, -0.1) is 8.78 Å². The molecule has 2 aromatic rings. The highest BCUT2D eigenvalue weighted by Gasteiger charge is 2.46. The smallest absolute Gasteiger partial charge is 0.436 e. The molecule has 1 aromatic heterocycles. The van der Waals surface area contributed by atoms with E-state index >= 15 is 0 Å². The Balaban J connectivity index is 1.63. The van der Waals surface area contributed by atoms with E-state index in [1.54, 1.807) is 0 Å². The highest BCUT2D eigenvalue weighted by molar-refractivity contribution is 6.22. The molecule has 11 heteroatoms. The molecule has 1 fully saturated rings. The van der Waals surface area contributed by atoms with Crippen LogP contribution < -0.4 is 24.4 Å². The van der Waals surface area contributed by atoms with Crippen molar-refractivity contribution in [3.05, 3.63) is 36.1 Å². The monoisotopic (exact) mass is 395 g/mol. The van der Waals surface area contributed by atoms with E-state index in [4.69, 9.17) is 4.74 Å². The summed E-state index contributed by atoms with van der Waals surface area (Å²) in [5, 5.41) is 2.47. The van der Waals surface area contributed by atoms with Crippen molar-refractivity contribution >= 4 is 17.8 Å². The number of rotatable bonds is 3. The number of ether oxygens (including phenoxy) is 3. The summed E-state index contributed by atoms with van der Waals surface area (Å²) < 4.78 is 54.2. The first-order chi connectivity index (χ1) is 13.1. The molecule has 4 rings (SSSR count). The van der Waals surface area contributed by atoms with Gasteiger partial charge < -0.3 is 19.5 Å². The van der Waals surface area contributed by atoms with Gasteiger partial charge in [0.15, 0.2) is 17.3 Å². The van der Waals surface area contributed by atoms with Crippen LogP contribution in [0.1, 0.15) is 13.8 Å². The quantitative estimate of drug-likeness (QED) is 0.803. The minimum absolute atomic E-state index is 0.0684. The molecule has 1 saturated heterocycles. The first-order valence-corrected chi connectivity index (χ1v) is 7.97. The van der Waals surface area contributed by atoms with Crippen molar-refractivity contribution in [1.29, 1.82) is 0 Å². The number of carbonyl (C=O) groups is 2. The Hall–Kier alpha value is -3.50. The molecular formula is C17H12F3N3O5. The Bertz CT molecular complexity index is 1010. The van der Waals surface area contributed by atoms with E-state index in [0.717, 1.165) is 29.2 Å². The van der Waals surface area contributed by atoms with Gasteiger partial charge >= 0.3 is 12.3 Å². The SMILES string of the molecule is CC1(C)NC(=O)N(c2ccc(F)c(Oc3ccc4c(c3)OC(F)(F)O4)n2)C1=O. The molecule has 3 amide bonds. The molecule has 0 radical (unpaired) electrons. The van der Waals surface area contributed by atoms with Crippen molar-refractivity contribution in [2.45, 2.75) is 25.7 Å². The molecule has 0 spiro atoms. The Morgan fingerprint density at radius 1 is 1.11 bits per heavy atom. The number of benzene rings is 1. The number of halogens is 3. The first kappa shape index (κ1) is 17.9. The number of alkyl halides is 2. The number of nitrogens with one attached hydrogen (secondary N) is 1. The summed E-state index contributed by atoms with van der Waals surface area (Å²) in [6.45, 7) is 3.02. The maximum atomic E-state index is 14.1. The molecule has 0 bridgehead atoms.